The molecule has 5 nitrogen and oxygen atoms in total. The van der Waals surface area contributed by atoms with Gasteiger partial charge in [0.25, 0.3) is 0 Å². The van der Waals surface area contributed by atoms with Crippen LogP contribution < -0.4 is 11.1 Å². The Bertz CT molecular complexity index is 510. The average Bonchev–Trinajstić information content (AvgIpc) is 2.98. The van der Waals surface area contributed by atoms with Gasteiger partial charge in [0.2, 0.25) is 5.91 Å². The maximum absolute atomic E-state index is 12.0. The van der Waals surface area contributed by atoms with Crippen LogP contribution in [-0.2, 0) is 9.53 Å². The Morgan fingerprint density at radius 2 is 2.32 bits per heavy atom. The molecule has 102 valence electrons. The Balaban J connectivity index is 2.03. The van der Waals surface area contributed by atoms with Gasteiger partial charge in [-0.3, -0.25) is 4.79 Å². The first-order valence-corrected chi connectivity index (χ1v) is 6.99. The van der Waals surface area contributed by atoms with E-state index in [0.717, 1.165) is 0 Å². The van der Waals surface area contributed by atoms with Crippen LogP contribution in [0.15, 0.2) is 23.6 Å². The highest BCUT2D eigenvalue weighted by Crippen LogP contribution is 2.26. The van der Waals surface area contributed by atoms with Crippen LogP contribution >= 0.6 is 11.3 Å². The summed E-state index contributed by atoms with van der Waals surface area (Å²) in [7, 11) is 0. The van der Waals surface area contributed by atoms with Crippen molar-refractivity contribution in [1.82, 2.24) is 0 Å². The SMILES string of the molecule is CCOC(=O)c1ccsc1NC(=O)C1C=CC(N)C1. The number of thiophene rings is 1. The maximum Gasteiger partial charge on any atom is 0.341 e. The zero-order chi connectivity index (χ0) is 13.8. The van der Waals surface area contributed by atoms with E-state index < -0.39 is 5.97 Å². The molecule has 0 saturated carbocycles. The van der Waals surface area contributed by atoms with Gasteiger partial charge in [0.1, 0.15) is 5.00 Å². The normalized spacial score (nSPS) is 21.4. The van der Waals surface area contributed by atoms with Crippen molar-refractivity contribution in [2.75, 3.05) is 11.9 Å². The molecular weight excluding hydrogens is 264 g/mol. The summed E-state index contributed by atoms with van der Waals surface area (Å²) in [5, 5.41) is 5.04. The van der Waals surface area contributed by atoms with E-state index in [1.165, 1.54) is 11.3 Å². The summed E-state index contributed by atoms with van der Waals surface area (Å²) < 4.78 is 4.93. The van der Waals surface area contributed by atoms with Crippen molar-refractivity contribution in [3.63, 3.8) is 0 Å². The third-order valence-corrected chi connectivity index (χ3v) is 3.68. The van der Waals surface area contributed by atoms with Gasteiger partial charge in [0.05, 0.1) is 18.1 Å². The molecule has 0 aromatic carbocycles. The fourth-order valence-electron chi connectivity index (χ4n) is 1.90. The van der Waals surface area contributed by atoms with Crippen LogP contribution in [0, 0.1) is 5.92 Å². The zero-order valence-corrected chi connectivity index (χ0v) is 11.4. The minimum atomic E-state index is -0.419. The lowest BCUT2D eigenvalue weighted by Gasteiger charge is -2.10. The quantitative estimate of drug-likeness (QED) is 0.650. The molecule has 1 aromatic heterocycles. The molecule has 1 aliphatic carbocycles. The molecule has 2 unspecified atom stereocenters. The van der Waals surface area contributed by atoms with Gasteiger partial charge in [-0.25, -0.2) is 4.79 Å². The predicted octanol–water partition coefficient (Wildman–Crippen LogP) is 1.77. The summed E-state index contributed by atoms with van der Waals surface area (Å²) in [6.07, 6.45) is 4.23. The molecule has 0 saturated heterocycles. The van der Waals surface area contributed by atoms with Gasteiger partial charge in [-0.2, -0.15) is 0 Å². The molecule has 2 atom stereocenters. The molecule has 0 bridgehead atoms. The zero-order valence-electron chi connectivity index (χ0n) is 10.6. The largest absolute Gasteiger partial charge is 0.462 e. The van der Waals surface area contributed by atoms with Crippen molar-refractivity contribution in [3.05, 3.63) is 29.2 Å². The van der Waals surface area contributed by atoms with Gasteiger partial charge in [-0.05, 0) is 24.8 Å². The number of hydrogen-bond donors (Lipinski definition) is 2. The number of carbonyl (C=O) groups is 2. The standard InChI is InChI=1S/C13H16N2O3S/c1-2-18-13(17)10-5-6-19-12(10)15-11(16)8-3-4-9(14)7-8/h3-6,8-9H,2,7,14H2,1H3,(H,15,16). The molecular formula is C13H16N2O3S. The minimum absolute atomic E-state index is 0.0661. The lowest BCUT2D eigenvalue weighted by molar-refractivity contribution is -0.118. The third kappa shape index (κ3) is 3.21. The number of hydrogen-bond acceptors (Lipinski definition) is 5. The van der Waals surface area contributed by atoms with Gasteiger partial charge in [-0.1, -0.05) is 12.2 Å². The molecule has 1 aromatic rings. The fourth-order valence-corrected chi connectivity index (χ4v) is 2.68. The number of carbonyl (C=O) groups excluding carboxylic acids is 2. The van der Waals surface area contributed by atoms with Crippen LogP contribution in [-0.4, -0.2) is 24.5 Å². The molecule has 3 N–H and O–H groups in total. The van der Waals surface area contributed by atoms with Crippen molar-refractivity contribution in [1.29, 1.82) is 0 Å². The molecule has 19 heavy (non-hydrogen) atoms. The van der Waals surface area contributed by atoms with Crippen LogP contribution in [0.4, 0.5) is 5.00 Å². The van der Waals surface area contributed by atoms with Gasteiger partial charge < -0.3 is 15.8 Å². The summed E-state index contributed by atoms with van der Waals surface area (Å²) in [5.74, 6) is -0.790. The highest BCUT2D eigenvalue weighted by Gasteiger charge is 2.24. The number of amides is 1. The van der Waals surface area contributed by atoms with Crippen molar-refractivity contribution >= 4 is 28.2 Å². The maximum atomic E-state index is 12.0. The van der Waals surface area contributed by atoms with Crippen LogP contribution in [0.25, 0.3) is 0 Å². The summed E-state index contributed by atoms with van der Waals surface area (Å²) in [4.78, 5) is 23.7. The molecule has 0 fully saturated rings. The Morgan fingerprint density at radius 3 is 2.95 bits per heavy atom. The summed E-state index contributed by atoms with van der Waals surface area (Å²) in [6, 6.07) is 1.58. The number of nitrogens with one attached hydrogen (secondary N) is 1. The van der Waals surface area contributed by atoms with Crippen molar-refractivity contribution < 1.29 is 14.3 Å². The topological polar surface area (TPSA) is 81.4 Å². The van der Waals surface area contributed by atoms with Gasteiger partial charge in [0.15, 0.2) is 0 Å². The van der Waals surface area contributed by atoms with Crippen molar-refractivity contribution in [2.24, 2.45) is 11.7 Å². The summed E-state index contributed by atoms with van der Waals surface area (Å²) >= 11 is 1.30. The van der Waals surface area contributed by atoms with E-state index in [0.29, 0.717) is 23.6 Å². The van der Waals surface area contributed by atoms with E-state index in [9.17, 15) is 9.59 Å². The van der Waals surface area contributed by atoms with E-state index in [4.69, 9.17) is 10.5 Å². The second-order valence-electron chi connectivity index (χ2n) is 4.26. The molecule has 2 rings (SSSR count). The molecule has 6 heteroatoms. The predicted molar refractivity (Wildman–Crippen MR) is 74.1 cm³/mol. The first-order chi connectivity index (χ1) is 9.11. The highest BCUT2D eigenvalue weighted by molar-refractivity contribution is 7.14. The molecule has 0 spiro atoms. The Morgan fingerprint density at radius 1 is 1.53 bits per heavy atom. The van der Waals surface area contributed by atoms with Crippen molar-refractivity contribution in [3.8, 4) is 0 Å². The average molecular weight is 280 g/mol. The first kappa shape index (κ1) is 13.8. The number of anilines is 1. The first-order valence-electron chi connectivity index (χ1n) is 6.11. The van der Waals surface area contributed by atoms with Gasteiger partial charge in [0, 0.05) is 6.04 Å². The third-order valence-electron chi connectivity index (χ3n) is 2.85. The van der Waals surface area contributed by atoms with Crippen molar-refractivity contribution in [2.45, 2.75) is 19.4 Å². The van der Waals surface area contributed by atoms with Gasteiger partial charge >= 0.3 is 5.97 Å². The van der Waals surface area contributed by atoms with E-state index in [1.807, 2.05) is 6.08 Å². The van der Waals surface area contributed by atoms with Gasteiger partial charge in [-0.15, -0.1) is 11.3 Å². The molecule has 1 amide bonds. The lowest BCUT2D eigenvalue weighted by Crippen LogP contribution is -2.24. The molecule has 1 aliphatic rings. The fraction of sp³-hybridized carbons (Fsp3) is 0.385. The monoisotopic (exact) mass is 280 g/mol. The van der Waals surface area contributed by atoms with Crippen LogP contribution in [0.1, 0.15) is 23.7 Å². The molecule has 0 aliphatic heterocycles. The van der Waals surface area contributed by atoms with E-state index in [-0.39, 0.29) is 17.9 Å². The van der Waals surface area contributed by atoms with E-state index in [2.05, 4.69) is 5.32 Å². The number of nitrogens with two attached hydrogens (primary N) is 1. The Labute approximate surface area is 115 Å². The lowest BCUT2D eigenvalue weighted by atomic mass is 10.1. The second-order valence-corrected chi connectivity index (χ2v) is 5.18. The smallest absolute Gasteiger partial charge is 0.341 e. The molecule has 1 heterocycles. The highest BCUT2D eigenvalue weighted by atomic mass is 32.1. The van der Waals surface area contributed by atoms with E-state index in [1.54, 1.807) is 24.4 Å². The number of ether oxygens (including phenoxy) is 1. The Kier molecular flexibility index (Phi) is 4.34. The van der Waals surface area contributed by atoms with Crippen LogP contribution in [0.2, 0.25) is 0 Å². The molecule has 0 radical (unpaired) electrons. The number of esters is 1. The number of rotatable bonds is 4. The Hall–Kier alpha value is -1.66. The van der Waals surface area contributed by atoms with E-state index >= 15 is 0 Å². The van der Waals surface area contributed by atoms with Crippen LogP contribution in [0.3, 0.4) is 0 Å². The summed E-state index contributed by atoms with van der Waals surface area (Å²) in [6.45, 7) is 2.05. The summed E-state index contributed by atoms with van der Waals surface area (Å²) in [5.41, 5.74) is 6.11. The van der Waals surface area contributed by atoms with Crippen LogP contribution in [0.5, 0.6) is 0 Å². The minimum Gasteiger partial charge on any atom is -0.462 e. The second kappa shape index (κ2) is 5.99.